The molecule has 0 saturated carbocycles. The average Bonchev–Trinajstić information content (AvgIpc) is 2.66. The summed E-state index contributed by atoms with van der Waals surface area (Å²) in [6.07, 6.45) is 1.60. The molecule has 0 amide bonds. The zero-order valence-electron chi connectivity index (χ0n) is 14.3. The summed E-state index contributed by atoms with van der Waals surface area (Å²) in [6, 6.07) is 14.5. The van der Waals surface area contributed by atoms with Crippen LogP contribution in [0, 0.1) is 11.3 Å². The van der Waals surface area contributed by atoms with Gasteiger partial charge in [-0.15, -0.1) is 0 Å². The highest BCUT2D eigenvalue weighted by Gasteiger charge is 2.04. The Morgan fingerprint density at radius 3 is 2.52 bits per heavy atom. The number of hydrogen-bond donors (Lipinski definition) is 0. The second-order valence-corrected chi connectivity index (χ2v) is 4.90. The molecular weight excluding hydrogens is 320 g/mol. The number of benzene rings is 2. The SMILES string of the molecule is CCOc1ccc(C=NOCCOc2ccc(C#N)cc2)cc1OC. The Morgan fingerprint density at radius 1 is 1.04 bits per heavy atom. The van der Waals surface area contributed by atoms with Crippen molar-refractivity contribution in [2.45, 2.75) is 6.92 Å². The van der Waals surface area contributed by atoms with Crippen molar-refractivity contribution in [2.24, 2.45) is 5.16 Å². The molecule has 6 nitrogen and oxygen atoms in total. The maximum Gasteiger partial charge on any atom is 0.161 e. The van der Waals surface area contributed by atoms with Gasteiger partial charge in [-0.2, -0.15) is 5.26 Å². The van der Waals surface area contributed by atoms with Gasteiger partial charge in [-0.25, -0.2) is 0 Å². The molecule has 2 aromatic rings. The highest BCUT2D eigenvalue weighted by atomic mass is 16.6. The van der Waals surface area contributed by atoms with Gasteiger partial charge < -0.3 is 19.0 Å². The van der Waals surface area contributed by atoms with E-state index in [1.54, 1.807) is 37.6 Å². The first kappa shape index (κ1) is 18.1. The summed E-state index contributed by atoms with van der Waals surface area (Å²) in [5.74, 6) is 2.02. The van der Waals surface area contributed by atoms with Gasteiger partial charge in [-0.1, -0.05) is 5.16 Å². The number of nitrogens with zero attached hydrogens (tertiary/aromatic N) is 2. The van der Waals surface area contributed by atoms with Gasteiger partial charge in [-0.05, 0) is 49.4 Å². The van der Waals surface area contributed by atoms with Crippen molar-refractivity contribution in [3.63, 3.8) is 0 Å². The lowest BCUT2D eigenvalue weighted by molar-refractivity contribution is 0.108. The smallest absolute Gasteiger partial charge is 0.161 e. The minimum Gasteiger partial charge on any atom is -0.493 e. The lowest BCUT2D eigenvalue weighted by atomic mass is 10.2. The van der Waals surface area contributed by atoms with Crippen molar-refractivity contribution in [3.05, 3.63) is 53.6 Å². The number of hydrogen-bond acceptors (Lipinski definition) is 6. The average molecular weight is 340 g/mol. The number of oxime groups is 1. The van der Waals surface area contributed by atoms with Crippen molar-refractivity contribution < 1.29 is 19.0 Å². The Kier molecular flexibility index (Phi) is 7.13. The Hall–Kier alpha value is -3.20. The quantitative estimate of drug-likeness (QED) is 0.397. The van der Waals surface area contributed by atoms with Gasteiger partial charge in [0.2, 0.25) is 0 Å². The van der Waals surface area contributed by atoms with Crippen molar-refractivity contribution in [1.82, 2.24) is 0 Å². The van der Waals surface area contributed by atoms with Crippen molar-refractivity contribution in [1.29, 1.82) is 5.26 Å². The first-order valence-electron chi connectivity index (χ1n) is 7.86. The number of methoxy groups -OCH3 is 1. The first-order chi connectivity index (χ1) is 12.3. The van der Waals surface area contributed by atoms with Gasteiger partial charge in [0, 0.05) is 5.56 Å². The fraction of sp³-hybridized carbons (Fsp3) is 0.263. The fourth-order valence-corrected chi connectivity index (χ4v) is 2.01. The minimum absolute atomic E-state index is 0.310. The summed E-state index contributed by atoms with van der Waals surface area (Å²) >= 11 is 0. The zero-order chi connectivity index (χ0) is 17.9. The van der Waals surface area contributed by atoms with Crippen LogP contribution in [0.4, 0.5) is 0 Å². The maximum absolute atomic E-state index is 8.73. The van der Waals surface area contributed by atoms with Crippen LogP contribution in [0.3, 0.4) is 0 Å². The zero-order valence-corrected chi connectivity index (χ0v) is 14.3. The van der Waals surface area contributed by atoms with Gasteiger partial charge in [-0.3, -0.25) is 0 Å². The van der Waals surface area contributed by atoms with Crippen LogP contribution in [-0.4, -0.2) is 33.1 Å². The number of rotatable bonds is 9. The summed E-state index contributed by atoms with van der Waals surface area (Å²) in [7, 11) is 1.59. The van der Waals surface area contributed by atoms with Gasteiger partial charge >= 0.3 is 0 Å². The predicted octanol–water partition coefficient (Wildman–Crippen LogP) is 3.40. The number of ether oxygens (including phenoxy) is 3. The normalized spacial score (nSPS) is 10.3. The van der Waals surface area contributed by atoms with Crippen molar-refractivity contribution >= 4 is 6.21 Å². The molecule has 0 bridgehead atoms. The first-order valence-corrected chi connectivity index (χ1v) is 7.86. The molecule has 0 N–H and O–H groups in total. The van der Waals surface area contributed by atoms with Crippen LogP contribution >= 0.6 is 0 Å². The topological polar surface area (TPSA) is 73.1 Å². The van der Waals surface area contributed by atoms with E-state index < -0.39 is 0 Å². The van der Waals surface area contributed by atoms with E-state index in [1.165, 1.54) is 0 Å². The summed E-state index contributed by atoms with van der Waals surface area (Å²) < 4.78 is 16.2. The Balaban J connectivity index is 1.76. The van der Waals surface area contributed by atoms with Crippen LogP contribution in [0.25, 0.3) is 0 Å². The van der Waals surface area contributed by atoms with Crippen LogP contribution in [-0.2, 0) is 4.84 Å². The summed E-state index contributed by atoms with van der Waals surface area (Å²) in [5, 5.41) is 12.6. The van der Waals surface area contributed by atoms with E-state index in [0.717, 1.165) is 5.56 Å². The molecule has 0 aliphatic rings. The molecule has 0 radical (unpaired) electrons. The van der Waals surface area contributed by atoms with Gasteiger partial charge in [0.05, 0.1) is 31.6 Å². The molecule has 130 valence electrons. The van der Waals surface area contributed by atoms with Crippen molar-refractivity contribution in [3.8, 4) is 23.3 Å². The third-order valence-corrected chi connectivity index (χ3v) is 3.19. The van der Waals surface area contributed by atoms with Crippen LogP contribution in [0.15, 0.2) is 47.6 Å². The molecule has 0 aliphatic heterocycles. The molecule has 0 atom stereocenters. The second kappa shape index (κ2) is 9.83. The Bertz CT molecular complexity index is 736. The fourth-order valence-electron chi connectivity index (χ4n) is 2.01. The Morgan fingerprint density at radius 2 is 1.84 bits per heavy atom. The van der Waals surface area contributed by atoms with E-state index in [-0.39, 0.29) is 0 Å². The summed E-state index contributed by atoms with van der Waals surface area (Å²) in [6.45, 7) is 3.16. The molecule has 0 aliphatic carbocycles. The van der Waals surface area contributed by atoms with E-state index in [9.17, 15) is 0 Å². The molecule has 6 heteroatoms. The second-order valence-electron chi connectivity index (χ2n) is 4.90. The monoisotopic (exact) mass is 340 g/mol. The maximum atomic E-state index is 8.73. The molecule has 0 fully saturated rings. The minimum atomic E-state index is 0.310. The molecule has 0 aromatic heterocycles. The standard InChI is InChI=1S/C19H20N2O4/c1-3-23-18-9-6-16(12-19(18)22-2)14-21-25-11-10-24-17-7-4-15(13-20)5-8-17/h4-9,12,14H,3,10-11H2,1-2H3. The van der Waals surface area contributed by atoms with Crippen LogP contribution in [0.2, 0.25) is 0 Å². The molecule has 2 rings (SSSR count). The number of nitriles is 1. The van der Waals surface area contributed by atoms with Gasteiger partial charge in [0.25, 0.3) is 0 Å². The molecule has 0 saturated heterocycles. The van der Waals surface area contributed by atoms with E-state index >= 15 is 0 Å². The lowest BCUT2D eigenvalue weighted by Crippen LogP contribution is -2.04. The van der Waals surface area contributed by atoms with E-state index in [4.69, 9.17) is 24.3 Å². The molecule has 2 aromatic carbocycles. The highest BCUT2D eigenvalue weighted by Crippen LogP contribution is 2.27. The highest BCUT2D eigenvalue weighted by molar-refractivity contribution is 5.80. The Labute approximate surface area is 147 Å². The predicted molar refractivity (Wildman–Crippen MR) is 94.4 cm³/mol. The molecular formula is C19H20N2O4. The third kappa shape index (κ3) is 5.74. The van der Waals surface area contributed by atoms with Gasteiger partial charge in [0.1, 0.15) is 12.4 Å². The van der Waals surface area contributed by atoms with Crippen LogP contribution in [0.5, 0.6) is 17.2 Å². The van der Waals surface area contributed by atoms with E-state index in [1.807, 2.05) is 25.1 Å². The molecule has 0 unspecified atom stereocenters. The summed E-state index contributed by atoms with van der Waals surface area (Å²) in [5.41, 5.74) is 1.44. The van der Waals surface area contributed by atoms with Gasteiger partial charge in [0.15, 0.2) is 18.1 Å². The largest absolute Gasteiger partial charge is 0.493 e. The lowest BCUT2D eigenvalue weighted by Gasteiger charge is -2.09. The molecule has 0 spiro atoms. The van der Waals surface area contributed by atoms with Crippen LogP contribution in [0.1, 0.15) is 18.1 Å². The van der Waals surface area contributed by atoms with E-state index in [0.29, 0.717) is 42.6 Å². The third-order valence-electron chi connectivity index (χ3n) is 3.19. The van der Waals surface area contributed by atoms with E-state index in [2.05, 4.69) is 11.2 Å². The van der Waals surface area contributed by atoms with Crippen LogP contribution < -0.4 is 14.2 Å². The molecule has 25 heavy (non-hydrogen) atoms. The van der Waals surface area contributed by atoms with Crippen molar-refractivity contribution in [2.75, 3.05) is 26.9 Å². The summed E-state index contributed by atoms with van der Waals surface area (Å²) in [4.78, 5) is 5.18. The molecule has 0 heterocycles.